The van der Waals surface area contributed by atoms with Gasteiger partial charge in [0, 0.05) is 43.7 Å². The Morgan fingerprint density at radius 3 is 2.97 bits per heavy atom. The molecule has 1 unspecified atom stereocenters. The van der Waals surface area contributed by atoms with Gasteiger partial charge in [-0.05, 0) is 30.7 Å². The maximum atomic E-state index is 13.0. The van der Waals surface area contributed by atoms with Crippen molar-refractivity contribution in [1.82, 2.24) is 15.6 Å². The summed E-state index contributed by atoms with van der Waals surface area (Å²) < 4.78 is 6.78. The van der Waals surface area contributed by atoms with Crippen LogP contribution in [0.25, 0.3) is 10.2 Å². The first kappa shape index (κ1) is 18.4. The van der Waals surface area contributed by atoms with Crippen molar-refractivity contribution in [3.63, 3.8) is 0 Å². The molecule has 5 rings (SSSR count). The van der Waals surface area contributed by atoms with E-state index in [0.29, 0.717) is 12.2 Å². The van der Waals surface area contributed by atoms with Crippen molar-refractivity contribution in [2.75, 3.05) is 37.7 Å². The van der Waals surface area contributed by atoms with E-state index >= 15 is 0 Å². The maximum absolute atomic E-state index is 13.0. The molecule has 0 radical (unpaired) electrons. The highest BCUT2D eigenvalue weighted by molar-refractivity contribution is 7.22. The molecule has 1 atom stereocenters. The Kier molecular flexibility index (Phi) is 4.85. The first-order chi connectivity index (χ1) is 14.2. The molecular formula is C22H24N4O2S. The van der Waals surface area contributed by atoms with Crippen LogP contribution in [0.4, 0.5) is 5.13 Å². The van der Waals surface area contributed by atoms with Crippen LogP contribution in [0.3, 0.4) is 0 Å². The van der Waals surface area contributed by atoms with E-state index in [-0.39, 0.29) is 11.9 Å². The molecule has 2 aromatic carbocycles. The molecule has 0 bridgehead atoms. The van der Waals surface area contributed by atoms with Crippen LogP contribution < -0.4 is 20.3 Å². The number of anilines is 1. The lowest BCUT2D eigenvalue weighted by atomic mass is 10.00. The Balaban J connectivity index is 1.41. The minimum atomic E-state index is -0.0474. The van der Waals surface area contributed by atoms with Gasteiger partial charge in [-0.2, -0.15) is 0 Å². The Labute approximate surface area is 173 Å². The number of thiazole rings is 1. The average molecular weight is 409 g/mol. The smallest absolute Gasteiger partial charge is 0.251 e. The fraction of sp³-hybridized carbons (Fsp3) is 0.364. The number of ether oxygens (including phenoxy) is 1. The summed E-state index contributed by atoms with van der Waals surface area (Å²) in [6, 6.07) is 11.8. The number of piperazine rings is 1. The molecule has 1 aromatic heterocycles. The largest absolute Gasteiger partial charge is 0.493 e. The highest BCUT2D eigenvalue weighted by Gasteiger charge is 2.24. The second kappa shape index (κ2) is 7.65. The highest BCUT2D eigenvalue weighted by Crippen LogP contribution is 2.34. The molecule has 3 heterocycles. The number of aromatic nitrogens is 1. The monoisotopic (exact) mass is 408 g/mol. The van der Waals surface area contributed by atoms with Crippen LogP contribution in [0, 0.1) is 6.92 Å². The standard InChI is InChI=1S/C22H24N4O2S/c1-14-12-15(13-19-20(14)25-22(29-19)26-9-7-23-8-10-26)21(27)24-17-6-11-28-18-5-3-2-4-16(17)18/h2-5,12-13,17,23H,6-11H2,1H3,(H,24,27). The summed E-state index contributed by atoms with van der Waals surface area (Å²) in [7, 11) is 0. The van der Waals surface area contributed by atoms with Gasteiger partial charge in [-0.3, -0.25) is 4.79 Å². The van der Waals surface area contributed by atoms with E-state index in [1.54, 1.807) is 11.3 Å². The molecule has 2 aliphatic rings. The molecule has 7 heteroatoms. The molecule has 1 saturated heterocycles. The van der Waals surface area contributed by atoms with Gasteiger partial charge in [0.1, 0.15) is 5.75 Å². The fourth-order valence-electron chi connectivity index (χ4n) is 4.04. The van der Waals surface area contributed by atoms with Crippen LogP contribution in [-0.2, 0) is 0 Å². The van der Waals surface area contributed by atoms with Gasteiger partial charge in [-0.1, -0.05) is 29.5 Å². The quantitative estimate of drug-likeness (QED) is 0.696. The van der Waals surface area contributed by atoms with Crippen molar-refractivity contribution in [3.8, 4) is 5.75 Å². The molecule has 1 amide bonds. The predicted molar refractivity (Wildman–Crippen MR) is 116 cm³/mol. The van der Waals surface area contributed by atoms with Gasteiger partial charge in [-0.15, -0.1) is 0 Å². The summed E-state index contributed by atoms with van der Waals surface area (Å²) in [5.41, 5.74) is 3.77. The number of nitrogens with zero attached hydrogens (tertiary/aromatic N) is 2. The summed E-state index contributed by atoms with van der Waals surface area (Å²) in [5.74, 6) is 0.813. The van der Waals surface area contributed by atoms with Gasteiger partial charge >= 0.3 is 0 Å². The van der Waals surface area contributed by atoms with Crippen LogP contribution in [-0.4, -0.2) is 43.7 Å². The van der Waals surface area contributed by atoms with E-state index in [1.807, 2.05) is 43.3 Å². The van der Waals surface area contributed by atoms with Gasteiger partial charge in [-0.25, -0.2) is 4.98 Å². The summed E-state index contributed by atoms with van der Waals surface area (Å²) >= 11 is 1.67. The van der Waals surface area contributed by atoms with E-state index < -0.39 is 0 Å². The van der Waals surface area contributed by atoms with Crippen molar-refractivity contribution in [2.45, 2.75) is 19.4 Å². The molecule has 2 aliphatic heterocycles. The van der Waals surface area contributed by atoms with E-state index in [2.05, 4.69) is 15.5 Å². The second-order valence-electron chi connectivity index (χ2n) is 7.57. The van der Waals surface area contributed by atoms with Crippen LogP contribution >= 0.6 is 11.3 Å². The molecule has 0 saturated carbocycles. The van der Waals surface area contributed by atoms with E-state index in [1.165, 1.54) is 0 Å². The zero-order valence-electron chi connectivity index (χ0n) is 16.4. The lowest BCUT2D eigenvalue weighted by Crippen LogP contribution is -2.43. The lowest BCUT2D eigenvalue weighted by Gasteiger charge is -2.26. The number of carbonyl (C=O) groups excluding carboxylic acids is 1. The van der Waals surface area contributed by atoms with Gasteiger partial charge in [0.2, 0.25) is 0 Å². The SMILES string of the molecule is Cc1cc(C(=O)NC2CCOc3ccccc32)cc2sc(N3CCNCC3)nc12. The number of nitrogens with one attached hydrogen (secondary N) is 2. The van der Waals surface area contributed by atoms with Crippen molar-refractivity contribution < 1.29 is 9.53 Å². The van der Waals surface area contributed by atoms with E-state index in [0.717, 1.165) is 64.8 Å². The summed E-state index contributed by atoms with van der Waals surface area (Å²) in [6.45, 7) is 6.54. The van der Waals surface area contributed by atoms with Crippen molar-refractivity contribution >= 4 is 32.6 Å². The third-order valence-electron chi connectivity index (χ3n) is 5.59. The van der Waals surface area contributed by atoms with Gasteiger partial charge in [0.25, 0.3) is 5.91 Å². The summed E-state index contributed by atoms with van der Waals surface area (Å²) in [4.78, 5) is 20.2. The Bertz CT molecular complexity index is 1060. The topological polar surface area (TPSA) is 66.5 Å². The first-order valence-corrected chi connectivity index (χ1v) is 10.9. The van der Waals surface area contributed by atoms with Gasteiger partial charge in [0.15, 0.2) is 5.13 Å². The summed E-state index contributed by atoms with van der Waals surface area (Å²) in [6.07, 6.45) is 0.775. The van der Waals surface area contributed by atoms with E-state index in [9.17, 15) is 4.79 Å². The number of para-hydroxylation sites is 1. The minimum Gasteiger partial charge on any atom is -0.493 e. The number of amides is 1. The zero-order chi connectivity index (χ0) is 19.8. The molecule has 0 spiro atoms. The molecule has 3 aromatic rings. The number of fused-ring (bicyclic) bond motifs is 2. The lowest BCUT2D eigenvalue weighted by molar-refractivity contribution is 0.0925. The Hall–Kier alpha value is -2.64. The normalized spacial score (nSPS) is 18.9. The van der Waals surface area contributed by atoms with Crippen LogP contribution in [0.1, 0.15) is 33.9 Å². The first-order valence-electron chi connectivity index (χ1n) is 10.1. The van der Waals surface area contributed by atoms with Crippen molar-refractivity contribution in [1.29, 1.82) is 0 Å². The molecule has 0 aliphatic carbocycles. The van der Waals surface area contributed by atoms with Gasteiger partial charge < -0.3 is 20.3 Å². The van der Waals surface area contributed by atoms with Crippen LogP contribution in [0.5, 0.6) is 5.75 Å². The van der Waals surface area contributed by atoms with Crippen molar-refractivity contribution in [2.24, 2.45) is 0 Å². The number of hydrogen-bond acceptors (Lipinski definition) is 6. The average Bonchev–Trinajstić information content (AvgIpc) is 3.20. The third kappa shape index (κ3) is 3.56. The number of benzene rings is 2. The molecule has 1 fully saturated rings. The van der Waals surface area contributed by atoms with Crippen LogP contribution in [0.2, 0.25) is 0 Å². The van der Waals surface area contributed by atoms with Crippen molar-refractivity contribution in [3.05, 3.63) is 53.1 Å². The highest BCUT2D eigenvalue weighted by atomic mass is 32.1. The molecule has 6 nitrogen and oxygen atoms in total. The number of carbonyl (C=O) groups is 1. The Morgan fingerprint density at radius 1 is 1.28 bits per heavy atom. The molecule has 29 heavy (non-hydrogen) atoms. The summed E-state index contributed by atoms with van der Waals surface area (Å²) in [5, 5.41) is 7.62. The number of aryl methyl sites for hydroxylation is 1. The Morgan fingerprint density at radius 2 is 2.10 bits per heavy atom. The fourth-order valence-corrected chi connectivity index (χ4v) is 5.18. The van der Waals surface area contributed by atoms with E-state index in [4.69, 9.17) is 9.72 Å². The molecule has 150 valence electrons. The second-order valence-corrected chi connectivity index (χ2v) is 8.58. The minimum absolute atomic E-state index is 0.0266. The van der Waals surface area contributed by atoms with Crippen LogP contribution in [0.15, 0.2) is 36.4 Å². The molecular weight excluding hydrogens is 384 g/mol. The third-order valence-corrected chi connectivity index (χ3v) is 6.65. The zero-order valence-corrected chi connectivity index (χ0v) is 17.2. The maximum Gasteiger partial charge on any atom is 0.251 e. The number of rotatable bonds is 3. The number of hydrogen-bond donors (Lipinski definition) is 2. The van der Waals surface area contributed by atoms with Gasteiger partial charge in [0.05, 0.1) is 22.9 Å². The molecule has 2 N–H and O–H groups in total. The predicted octanol–water partition coefficient (Wildman–Crippen LogP) is 3.27.